The SMILES string of the molecule is COc1cncc(Nc2ccc(CNC3CCC(N(C)/C4=N/C=N\CS/C(C)=C\C4)C3)cc2)c1. The maximum absolute atomic E-state index is 5.24. The number of rotatable bonds is 7. The Hall–Kier alpha value is -2.84. The van der Waals surface area contributed by atoms with Gasteiger partial charge in [-0.2, -0.15) is 0 Å². The van der Waals surface area contributed by atoms with Gasteiger partial charge in [-0.1, -0.05) is 18.2 Å². The Bertz CT molecular complexity index is 1040. The van der Waals surface area contributed by atoms with Crippen LogP contribution in [0.25, 0.3) is 0 Å². The molecule has 2 heterocycles. The Kier molecular flexibility index (Phi) is 8.60. The highest BCUT2D eigenvalue weighted by Gasteiger charge is 2.28. The molecule has 0 bridgehead atoms. The lowest BCUT2D eigenvalue weighted by atomic mass is 10.1. The summed E-state index contributed by atoms with van der Waals surface area (Å²) in [5.41, 5.74) is 3.22. The molecule has 34 heavy (non-hydrogen) atoms. The van der Waals surface area contributed by atoms with Gasteiger partial charge in [-0.3, -0.25) is 9.98 Å². The molecule has 1 fully saturated rings. The van der Waals surface area contributed by atoms with Crippen LogP contribution in [0.4, 0.5) is 11.4 Å². The normalized spacial score (nSPS) is 24.6. The fraction of sp³-hybridized carbons (Fsp3) is 0.423. The summed E-state index contributed by atoms with van der Waals surface area (Å²) in [7, 11) is 3.82. The molecule has 0 amide bonds. The highest BCUT2D eigenvalue weighted by molar-refractivity contribution is 8.03. The van der Waals surface area contributed by atoms with Crippen molar-refractivity contribution in [1.82, 2.24) is 15.2 Å². The number of benzene rings is 1. The number of allylic oxidation sites excluding steroid dienone is 1. The summed E-state index contributed by atoms with van der Waals surface area (Å²) in [4.78, 5) is 16.9. The number of thioether (sulfide) groups is 1. The molecule has 1 aromatic heterocycles. The van der Waals surface area contributed by atoms with Gasteiger partial charge in [-0.05, 0) is 48.8 Å². The number of nitrogens with zero attached hydrogens (tertiary/aromatic N) is 4. The summed E-state index contributed by atoms with van der Waals surface area (Å²) >= 11 is 1.77. The van der Waals surface area contributed by atoms with E-state index in [2.05, 4.69) is 74.8 Å². The van der Waals surface area contributed by atoms with E-state index in [1.807, 2.05) is 6.07 Å². The number of amidine groups is 1. The van der Waals surface area contributed by atoms with Crippen LogP contribution < -0.4 is 15.4 Å². The van der Waals surface area contributed by atoms with Crippen molar-refractivity contribution in [2.45, 2.75) is 51.2 Å². The highest BCUT2D eigenvalue weighted by atomic mass is 32.2. The minimum Gasteiger partial charge on any atom is -0.495 e. The molecular weight excluding hydrogens is 444 g/mol. The van der Waals surface area contributed by atoms with Gasteiger partial charge in [0.25, 0.3) is 0 Å². The van der Waals surface area contributed by atoms with Crippen molar-refractivity contribution >= 4 is 35.3 Å². The summed E-state index contributed by atoms with van der Waals surface area (Å²) in [5.74, 6) is 2.58. The largest absolute Gasteiger partial charge is 0.495 e. The molecule has 2 N–H and O–H groups in total. The Morgan fingerprint density at radius 2 is 2.00 bits per heavy atom. The van der Waals surface area contributed by atoms with Gasteiger partial charge < -0.3 is 20.3 Å². The van der Waals surface area contributed by atoms with Gasteiger partial charge in [0.1, 0.15) is 17.9 Å². The van der Waals surface area contributed by atoms with E-state index >= 15 is 0 Å². The van der Waals surface area contributed by atoms with Gasteiger partial charge in [-0.25, -0.2) is 4.99 Å². The molecule has 2 aromatic rings. The topological polar surface area (TPSA) is 74.1 Å². The summed E-state index contributed by atoms with van der Waals surface area (Å²) in [6.45, 7) is 3.02. The molecule has 1 saturated carbocycles. The predicted octanol–water partition coefficient (Wildman–Crippen LogP) is 5.20. The molecule has 7 nitrogen and oxygen atoms in total. The maximum Gasteiger partial charge on any atom is 0.139 e. The first-order valence-corrected chi connectivity index (χ1v) is 12.7. The molecule has 8 heteroatoms. The Morgan fingerprint density at radius 1 is 1.15 bits per heavy atom. The van der Waals surface area contributed by atoms with Crippen molar-refractivity contribution < 1.29 is 4.74 Å². The van der Waals surface area contributed by atoms with Crippen LogP contribution in [0.15, 0.2) is 63.7 Å². The Morgan fingerprint density at radius 3 is 2.82 bits per heavy atom. The number of nitrogens with one attached hydrogen (secondary N) is 2. The lowest BCUT2D eigenvalue weighted by Crippen LogP contribution is -2.37. The van der Waals surface area contributed by atoms with Crippen molar-refractivity contribution in [1.29, 1.82) is 0 Å². The first-order valence-electron chi connectivity index (χ1n) is 11.8. The second kappa shape index (κ2) is 12.0. The Balaban J connectivity index is 1.26. The van der Waals surface area contributed by atoms with E-state index in [4.69, 9.17) is 4.74 Å². The molecule has 2 aliphatic rings. The lowest BCUT2D eigenvalue weighted by molar-refractivity contribution is 0.358. The smallest absolute Gasteiger partial charge is 0.139 e. The van der Waals surface area contributed by atoms with E-state index in [0.29, 0.717) is 12.1 Å². The molecule has 1 aliphatic carbocycles. The molecule has 180 valence electrons. The average molecular weight is 479 g/mol. The summed E-state index contributed by atoms with van der Waals surface area (Å²) in [6, 6.07) is 11.5. The molecule has 2 atom stereocenters. The number of pyridine rings is 1. The number of anilines is 2. The van der Waals surface area contributed by atoms with Crippen LogP contribution in [0.3, 0.4) is 0 Å². The van der Waals surface area contributed by atoms with Crippen molar-refractivity contribution in [2.24, 2.45) is 9.98 Å². The lowest BCUT2D eigenvalue weighted by Gasteiger charge is -2.27. The van der Waals surface area contributed by atoms with E-state index in [-0.39, 0.29) is 0 Å². The minimum atomic E-state index is 0.509. The van der Waals surface area contributed by atoms with Crippen molar-refractivity contribution in [3.8, 4) is 5.75 Å². The first-order chi connectivity index (χ1) is 16.6. The quantitative estimate of drug-likeness (QED) is 0.570. The van der Waals surface area contributed by atoms with E-state index in [9.17, 15) is 0 Å². The highest BCUT2D eigenvalue weighted by Crippen LogP contribution is 2.26. The van der Waals surface area contributed by atoms with Crippen LogP contribution in [0, 0.1) is 0 Å². The summed E-state index contributed by atoms with van der Waals surface area (Å²) in [5, 5.41) is 7.13. The fourth-order valence-electron chi connectivity index (χ4n) is 4.30. The van der Waals surface area contributed by atoms with Crippen LogP contribution in [0.5, 0.6) is 5.75 Å². The second-order valence-corrected chi connectivity index (χ2v) is 9.92. The van der Waals surface area contributed by atoms with Gasteiger partial charge in [0.2, 0.25) is 0 Å². The van der Waals surface area contributed by atoms with Gasteiger partial charge in [0, 0.05) is 43.9 Å². The van der Waals surface area contributed by atoms with Crippen molar-refractivity contribution in [3.05, 3.63) is 59.3 Å². The summed E-state index contributed by atoms with van der Waals surface area (Å²) in [6.07, 6.45) is 11.8. The second-order valence-electron chi connectivity index (χ2n) is 8.73. The van der Waals surface area contributed by atoms with Gasteiger partial charge in [0.05, 0.1) is 31.1 Å². The molecule has 1 aliphatic heterocycles. The number of ether oxygens (including phenoxy) is 1. The zero-order chi connectivity index (χ0) is 23.8. The Labute approximate surface area is 206 Å². The third-order valence-corrected chi connectivity index (χ3v) is 7.27. The van der Waals surface area contributed by atoms with E-state index in [1.54, 1.807) is 37.6 Å². The molecule has 0 saturated heterocycles. The minimum absolute atomic E-state index is 0.509. The molecule has 1 aromatic carbocycles. The third kappa shape index (κ3) is 6.84. The van der Waals surface area contributed by atoms with Crippen LogP contribution in [0.2, 0.25) is 0 Å². The number of hydrogen-bond acceptors (Lipinski definition) is 8. The standard InChI is InChI=1S/C26H34N6OS/c1-19-4-11-26(30-17-28-18-34-19)32(2)24-10-9-22(12-24)29-14-20-5-7-21(8-6-20)31-23-13-25(33-3)16-27-15-23/h4-8,13,15-17,22,24,29,31H,9-12,14,18H2,1-3H3/b19-4-,28-17-,30-26+. The van der Waals surface area contributed by atoms with E-state index < -0.39 is 0 Å². The van der Waals surface area contributed by atoms with Gasteiger partial charge >= 0.3 is 0 Å². The number of aromatic nitrogens is 1. The number of hydrogen-bond donors (Lipinski definition) is 2. The third-order valence-electron chi connectivity index (χ3n) is 6.37. The molecule has 2 unspecified atom stereocenters. The molecule has 0 spiro atoms. The first kappa shape index (κ1) is 24.3. The van der Waals surface area contributed by atoms with E-state index in [0.717, 1.165) is 48.2 Å². The zero-order valence-electron chi connectivity index (χ0n) is 20.2. The molecule has 0 radical (unpaired) electrons. The van der Waals surface area contributed by atoms with Crippen molar-refractivity contribution in [3.63, 3.8) is 0 Å². The van der Waals surface area contributed by atoms with Crippen LogP contribution in [-0.2, 0) is 6.54 Å². The van der Waals surface area contributed by atoms with Gasteiger partial charge in [-0.15, -0.1) is 11.8 Å². The average Bonchev–Trinajstić information content (AvgIpc) is 3.37. The molecule has 4 rings (SSSR count). The summed E-state index contributed by atoms with van der Waals surface area (Å²) < 4.78 is 5.24. The van der Waals surface area contributed by atoms with Crippen LogP contribution in [0.1, 0.15) is 38.2 Å². The maximum atomic E-state index is 5.24. The predicted molar refractivity (Wildman–Crippen MR) is 143 cm³/mol. The van der Waals surface area contributed by atoms with Crippen molar-refractivity contribution in [2.75, 3.05) is 25.4 Å². The van der Waals surface area contributed by atoms with E-state index in [1.165, 1.54) is 23.3 Å². The van der Waals surface area contributed by atoms with Gasteiger partial charge in [0.15, 0.2) is 0 Å². The zero-order valence-corrected chi connectivity index (χ0v) is 21.0. The monoisotopic (exact) mass is 478 g/mol. The fourth-order valence-corrected chi connectivity index (χ4v) is 4.85. The molecular formula is C26H34N6OS. The number of methoxy groups -OCH3 is 1. The van der Waals surface area contributed by atoms with Crippen LogP contribution in [-0.4, -0.2) is 54.2 Å². The number of aliphatic imine (C=N–C) groups is 2. The van der Waals surface area contributed by atoms with Crippen LogP contribution >= 0.6 is 11.8 Å².